The van der Waals surface area contributed by atoms with Crippen molar-refractivity contribution in [3.8, 4) is 0 Å². The van der Waals surface area contributed by atoms with Gasteiger partial charge >= 0.3 is 0 Å². The molecule has 1 aliphatic heterocycles. The third kappa shape index (κ3) is 12.5. The number of unbranched alkanes of at least 4 members (excludes halogenated alkanes) is 13. The first-order valence-electron chi connectivity index (χ1n) is 14.3. The van der Waals surface area contributed by atoms with Crippen LogP contribution in [-0.4, -0.2) is 12.4 Å². The van der Waals surface area contributed by atoms with Crippen LogP contribution in [0.2, 0.25) is 0 Å². The van der Waals surface area contributed by atoms with E-state index in [0.29, 0.717) is 11.8 Å². The van der Waals surface area contributed by atoms with Crippen LogP contribution in [0, 0.1) is 18.0 Å². The van der Waals surface area contributed by atoms with Gasteiger partial charge in [0, 0.05) is 0 Å². The summed E-state index contributed by atoms with van der Waals surface area (Å²) in [7, 11) is 0. The Morgan fingerprint density at radius 3 is 1.67 bits per heavy atom. The Balaban J connectivity index is 1.79. The van der Waals surface area contributed by atoms with Gasteiger partial charge in [0.2, 0.25) is 6.17 Å². The molecule has 0 amide bonds. The second-order valence-corrected chi connectivity index (χ2v) is 10.1. The molecule has 1 aromatic carbocycles. The van der Waals surface area contributed by atoms with E-state index in [2.05, 4.69) is 54.2 Å². The van der Waals surface area contributed by atoms with Crippen LogP contribution >= 0.6 is 0 Å². The molecule has 1 aliphatic rings. The monoisotopic (exact) mass is 451 g/mol. The molecule has 0 fully saturated rings. The quantitative estimate of drug-likeness (QED) is 0.131. The van der Waals surface area contributed by atoms with E-state index in [0.717, 1.165) is 12.6 Å². The Bertz CT molecular complexity index is 609. The first-order chi connectivity index (χ1) is 16.3. The van der Waals surface area contributed by atoms with E-state index in [1.165, 1.54) is 115 Å². The normalized spacial score (nSPS) is 14.8. The fraction of sp³-hybridized carbons (Fsp3) is 0.710. The lowest BCUT2D eigenvalue weighted by molar-refractivity contribution is 0.284. The molecule has 184 valence electrons. The molecule has 2 heteroatoms. The molecule has 1 aromatic rings. The number of aliphatic imine (C=N–C) groups is 2. The molecule has 0 aromatic heterocycles. The van der Waals surface area contributed by atoms with Crippen molar-refractivity contribution in [2.75, 3.05) is 0 Å². The molecular weight excluding hydrogens is 400 g/mol. The van der Waals surface area contributed by atoms with E-state index < -0.39 is 0 Å². The minimum Gasteiger partial charge on any atom is -0.0965 e. The molecule has 2 atom stereocenters. The summed E-state index contributed by atoms with van der Waals surface area (Å²) in [5, 5.41) is 0. The molecule has 0 spiro atoms. The van der Waals surface area contributed by atoms with Crippen molar-refractivity contribution in [1.29, 1.82) is 0 Å². The van der Waals surface area contributed by atoms with Crippen molar-refractivity contribution < 1.29 is 0 Å². The van der Waals surface area contributed by atoms with Crippen LogP contribution in [0.25, 0.3) is 0 Å². The van der Waals surface area contributed by atoms with E-state index in [9.17, 15) is 0 Å². The summed E-state index contributed by atoms with van der Waals surface area (Å²) < 4.78 is 0. The van der Waals surface area contributed by atoms with Gasteiger partial charge in [-0.1, -0.05) is 150 Å². The zero-order valence-corrected chi connectivity index (χ0v) is 21.8. The lowest BCUT2D eigenvalue weighted by Gasteiger charge is -2.26. The van der Waals surface area contributed by atoms with Crippen LogP contribution < -0.4 is 0 Å². The first kappa shape index (κ1) is 27.7. The summed E-state index contributed by atoms with van der Waals surface area (Å²) in [6.45, 7) is 4.59. The summed E-state index contributed by atoms with van der Waals surface area (Å²) in [5.41, 5.74) is 1.47. The molecule has 0 saturated heterocycles. The van der Waals surface area contributed by atoms with Gasteiger partial charge in [-0.2, -0.15) is 0 Å². The maximum atomic E-state index is 4.67. The SMILES string of the molecule is CCCCCCCCCCCCCC(Cc1ccccc1)C(CCCCCC)[C+]1N=CC=N1. The molecule has 33 heavy (non-hydrogen) atoms. The maximum Gasteiger partial charge on any atom is 0.244 e. The molecule has 0 radical (unpaired) electrons. The van der Waals surface area contributed by atoms with Crippen molar-refractivity contribution in [1.82, 2.24) is 0 Å². The average molecular weight is 452 g/mol. The third-order valence-corrected chi connectivity index (χ3v) is 7.27. The van der Waals surface area contributed by atoms with Gasteiger partial charge in [-0.3, -0.25) is 0 Å². The van der Waals surface area contributed by atoms with Crippen molar-refractivity contribution >= 4 is 12.4 Å². The van der Waals surface area contributed by atoms with E-state index in [-0.39, 0.29) is 0 Å². The Labute approximate surface area is 205 Å². The highest BCUT2D eigenvalue weighted by molar-refractivity contribution is 6.18. The summed E-state index contributed by atoms with van der Waals surface area (Å²) >= 11 is 0. The average Bonchev–Trinajstić information content (AvgIpc) is 3.37. The molecular formula is C31H51N2+. The molecule has 0 saturated carbocycles. The van der Waals surface area contributed by atoms with Gasteiger partial charge in [0.1, 0.15) is 0 Å². The molecule has 1 heterocycles. The number of nitrogens with zero attached hydrogens (tertiary/aromatic N) is 2. The summed E-state index contributed by atoms with van der Waals surface area (Å²) in [5.74, 6) is 1.15. The summed E-state index contributed by atoms with van der Waals surface area (Å²) in [6.07, 6.45) is 29.4. The van der Waals surface area contributed by atoms with Gasteiger partial charge in [0.05, 0.1) is 5.92 Å². The zero-order chi connectivity index (χ0) is 23.4. The van der Waals surface area contributed by atoms with Gasteiger partial charge in [-0.25, -0.2) is 0 Å². The Morgan fingerprint density at radius 1 is 0.606 bits per heavy atom. The minimum atomic E-state index is 0.500. The highest BCUT2D eigenvalue weighted by Crippen LogP contribution is 2.37. The predicted octanol–water partition coefficient (Wildman–Crippen LogP) is 9.78. The lowest BCUT2D eigenvalue weighted by atomic mass is 9.78. The first-order valence-corrected chi connectivity index (χ1v) is 14.3. The molecule has 0 aliphatic carbocycles. The van der Waals surface area contributed by atoms with Gasteiger partial charge < -0.3 is 0 Å². The Hall–Kier alpha value is -1.57. The second-order valence-electron chi connectivity index (χ2n) is 10.1. The second kappa shape index (κ2) is 18.8. The maximum absolute atomic E-state index is 4.67. The highest BCUT2D eigenvalue weighted by atomic mass is 15.0. The molecule has 2 nitrogen and oxygen atoms in total. The van der Waals surface area contributed by atoms with E-state index in [1.807, 2.05) is 12.4 Å². The number of rotatable bonds is 21. The van der Waals surface area contributed by atoms with Crippen LogP contribution in [0.5, 0.6) is 0 Å². The van der Waals surface area contributed by atoms with Crippen molar-refractivity contribution in [2.24, 2.45) is 21.8 Å². The molecule has 2 rings (SSSR count). The van der Waals surface area contributed by atoms with Crippen LogP contribution in [0.4, 0.5) is 0 Å². The number of benzene rings is 1. The van der Waals surface area contributed by atoms with Crippen molar-refractivity contribution in [3.63, 3.8) is 0 Å². The standard InChI is InChI=1S/C31H51N2/c1-3-5-7-9-10-11-12-13-14-15-19-23-29(27-28-21-17-16-18-22-28)30(24-20-8-6-4-2)31-32-25-26-33-31/h16-18,21-22,25-26,29-30H,3-15,19-20,23-24,27H2,1-2H3/q+1. The highest BCUT2D eigenvalue weighted by Gasteiger charge is 2.35. The summed E-state index contributed by atoms with van der Waals surface area (Å²) in [4.78, 5) is 9.34. The lowest BCUT2D eigenvalue weighted by Crippen LogP contribution is -2.22. The smallest absolute Gasteiger partial charge is 0.0965 e. The fourth-order valence-corrected chi connectivity index (χ4v) is 5.24. The number of hydrogen-bond donors (Lipinski definition) is 0. The van der Waals surface area contributed by atoms with Crippen LogP contribution in [0.3, 0.4) is 0 Å². The van der Waals surface area contributed by atoms with Gasteiger partial charge in [0.25, 0.3) is 0 Å². The Kier molecular flexibility index (Phi) is 15.8. The van der Waals surface area contributed by atoms with E-state index >= 15 is 0 Å². The minimum absolute atomic E-state index is 0.500. The van der Waals surface area contributed by atoms with Crippen molar-refractivity contribution in [2.45, 2.75) is 129 Å². The van der Waals surface area contributed by atoms with E-state index in [1.54, 1.807) is 0 Å². The summed E-state index contributed by atoms with van der Waals surface area (Å²) in [6, 6.07) is 11.1. The van der Waals surface area contributed by atoms with Gasteiger partial charge in [0.15, 0.2) is 12.4 Å². The molecule has 0 bridgehead atoms. The van der Waals surface area contributed by atoms with Gasteiger partial charge in [-0.15, -0.1) is 0 Å². The largest absolute Gasteiger partial charge is 0.244 e. The number of hydrogen-bond acceptors (Lipinski definition) is 2. The predicted molar refractivity (Wildman–Crippen MR) is 147 cm³/mol. The van der Waals surface area contributed by atoms with Crippen LogP contribution in [0.15, 0.2) is 40.3 Å². The topological polar surface area (TPSA) is 24.7 Å². The third-order valence-electron chi connectivity index (χ3n) is 7.27. The van der Waals surface area contributed by atoms with E-state index in [4.69, 9.17) is 0 Å². The zero-order valence-electron chi connectivity index (χ0n) is 21.8. The van der Waals surface area contributed by atoms with Crippen LogP contribution in [-0.2, 0) is 6.42 Å². The van der Waals surface area contributed by atoms with Gasteiger partial charge in [-0.05, 0) is 30.7 Å². The van der Waals surface area contributed by atoms with Crippen molar-refractivity contribution in [3.05, 3.63) is 42.1 Å². The molecule has 2 unspecified atom stereocenters. The molecule has 0 N–H and O–H groups in total. The Morgan fingerprint density at radius 2 is 1.09 bits per heavy atom. The van der Waals surface area contributed by atoms with Crippen LogP contribution in [0.1, 0.15) is 129 Å². The fourth-order valence-electron chi connectivity index (χ4n) is 5.24.